The number of nitriles is 1. The number of benzene rings is 1. The molecule has 0 radical (unpaired) electrons. The molecule has 3 heteroatoms. The van der Waals surface area contributed by atoms with Crippen molar-refractivity contribution in [2.75, 3.05) is 6.61 Å². The van der Waals surface area contributed by atoms with Crippen molar-refractivity contribution in [1.29, 1.82) is 5.26 Å². The number of ketones is 1. The van der Waals surface area contributed by atoms with Crippen molar-refractivity contribution in [2.24, 2.45) is 0 Å². The molecule has 0 amide bonds. The van der Waals surface area contributed by atoms with E-state index >= 15 is 0 Å². The van der Waals surface area contributed by atoms with Crippen molar-refractivity contribution in [1.82, 2.24) is 0 Å². The molecule has 0 atom stereocenters. The first kappa shape index (κ1) is 13.0. The average molecular weight is 229 g/mol. The van der Waals surface area contributed by atoms with Gasteiger partial charge in [0.1, 0.15) is 0 Å². The second-order valence-electron chi connectivity index (χ2n) is 3.58. The van der Waals surface area contributed by atoms with Gasteiger partial charge >= 0.3 is 0 Å². The van der Waals surface area contributed by atoms with Crippen LogP contribution < -0.4 is 0 Å². The summed E-state index contributed by atoms with van der Waals surface area (Å²) in [6, 6.07) is 8.53. The van der Waals surface area contributed by atoms with Gasteiger partial charge in [0, 0.05) is 11.6 Å². The molecule has 0 aliphatic carbocycles. The normalized spacial score (nSPS) is 10.1. The van der Waals surface area contributed by atoms with E-state index in [2.05, 4.69) is 6.92 Å². The van der Waals surface area contributed by atoms with Crippen LogP contribution in [0.3, 0.4) is 0 Å². The summed E-state index contributed by atoms with van der Waals surface area (Å²) in [4.78, 5) is 11.6. The Bertz CT molecular complexity index is 427. The second-order valence-corrected chi connectivity index (χ2v) is 3.58. The summed E-state index contributed by atoms with van der Waals surface area (Å²) in [5, 5.41) is 8.62. The summed E-state index contributed by atoms with van der Waals surface area (Å²) in [6.07, 6.45) is 4.88. The van der Waals surface area contributed by atoms with Gasteiger partial charge in [0.25, 0.3) is 0 Å². The topological polar surface area (TPSA) is 50.1 Å². The number of unbranched alkanes of at least 4 members (excludes halogenated alkanes) is 1. The van der Waals surface area contributed by atoms with E-state index in [1.807, 2.05) is 6.07 Å². The van der Waals surface area contributed by atoms with E-state index in [0.717, 1.165) is 12.8 Å². The van der Waals surface area contributed by atoms with Crippen LogP contribution in [0.25, 0.3) is 0 Å². The number of hydrogen-bond donors (Lipinski definition) is 0. The van der Waals surface area contributed by atoms with E-state index in [-0.39, 0.29) is 5.78 Å². The molecule has 1 aromatic rings. The van der Waals surface area contributed by atoms with Crippen LogP contribution in [0.4, 0.5) is 0 Å². The first-order valence-corrected chi connectivity index (χ1v) is 5.60. The first-order valence-electron chi connectivity index (χ1n) is 5.60. The highest BCUT2D eigenvalue weighted by molar-refractivity contribution is 6.04. The molecule has 0 aromatic heterocycles. The molecule has 3 nitrogen and oxygen atoms in total. The van der Waals surface area contributed by atoms with Gasteiger partial charge in [0.05, 0.1) is 24.5 Å². The Morgan fingerprint density at radius 2 is 2.12 bits per heavy atom. The number of ether oxygens (including phenoxy) is 1. The van der Waals surface area contributed by atoms with Gasteiger partial charge in [-0.15, -0.1) is 0 Å². The third-order valence-electron chi connectivity index (χ3n) is 2.23. The molecule has 0 heterocycles. The molecule has 0 spiro atoms. The Balaban J connectivity index is 2.49. The van der Waals surface area contributed by atoms with Gasteiger partial charge in [-0.25, -0.2) is 0 Å². The van der Waals surface area contributed by atoms with E-state index < -0.39 is 0 Å². The number of nitrogens with zero attached hydrogens (tertiary/aromatic N) is 1. The lowest BCUT2D eigenvalue weighted by molar-refractivity contribution is 0.104. The summed E-state index contributed by atoms with van der Waals surface area (Å²) in [7, 11) is 0. The lowest BCUT2D eigenvalue weighted by Gasteiger charge is -1.98. The van der Waals surface area contributed by atoms with E-state index in [1.54, 1.807) is 24.3 Å². The molecule has 0 N–H and O–H groups in total. The Hall–Kier alpha value is -2.08. The van der Waals surface area contributed by atoms with Crippen LogP contribution in [0.2, 0.25) is 0 Å². The molecule has 17 heavy (non-hydrogen) atoms. The van der Waals surface area contributed by atoms with Gasteiger partial charge in [-0.3, -0.25) is 4.79 Å². The fraction of sp³-hybridized carbons (Fsp3) is 0.286. The van der Waals surface area contributed by atoms with E-state index in [4.69, 9.17) is 10.00 Å². The number of allylic oxidation sites excluding steroid dienone is 1. The van der Waals surface area contributed by atoms with Crippen molar-refractivity contribution >= 4 is 5.78 Å². The number of carbonyl (C=O) groups is 1. The van der Waals surface area contributed by atoms with Crippen molar-refractivity contribution in [3.63, 3.8) is 0 Å². The maximum Gasteiger partial charge on any atom is 0.188 e. The van der Waals surface area contributed by atoms with Crippen LogP contribution in [0.5, 0.6) is 0 Å². The smallest absolute Gasteiger partial charge is 0.188 e. The third kappa shape index (κ3) is 4.52. The highest BCUT2D eigenvalue weighted by atomic mass is 16.5. The lowest BCUT2D eigenvalue weighted by Crippen LogP contribution is -1.95. The van der Waals surface area contributed by atoms with Crippen molar-refractivity contribution < 1.29 is 9.53 Å². The SMILES string of the molecule is CCCCO/C=C/C(=O)c1ccc(C#N)cc1. The number of hydrogen-bond acceptors (Lipinski definition) is 3. The molecule has 0 aliphatic heterocycles. The van der Waals surface area contributed by atoms with Gasteiger partial charge in [-0.05, 0) is 30.7 Å². The molecular weight excluding hydrogens is 214 g/mol. The molecular formula is C14H15NO2. The second kappa shape index (κ2) is 7.24. The van der Waals surface area contributed by atoms with Gasteiger partial charge in [0.2, 0.25) is 0 Å². The average Bonchev–Trinajstić information content (AvgIpc) is 2.38. The molecule has 88 valence electrons. The molecule has 0 aliphatic rings. The van der Waals surface area contributed by atoms with Crippen LogP contribution in [-0.2, 0) is 4.74 Å². The molecule has 0 unspecified atom stereocenters. The fourth-order valence-electron chi connectivity index (χ4n) is 1.21. The Morgan fingerprint density at radius 3 is 2.71 bits per heavy atom. The van der Waals surface area contributed by atoms with E-state index in [9.17, 15) is 4.79 Å². The maximum absolute atomic E-state index is 11.6. The molecule has 0 fully saturated rings. The van der Waals surface area contributed by atoms with E-state index in [1.165, 1.54) is 12.3 Å². The molecule has 0 saturated carbocycles. The molecule has 1 aromatic carbocycles. The zero-order valence-electron chi connectivity index (χ0n) is 9.85. The van der Waals surface area contributed by atoms with Gasteiger partial charge in [-0.1, -0.05) is 13.3 Å². The predicted molar refractivity (Wildman–Crippen MR) is 65.5 cm³/mol. The monoisotopic (exact) mass is 229 g/mol. The Labute approximate surface area is 101 Å². The summed E-state index contributed by atoms with van der Waals surface area (Å²) in [5.41, 5.74) is 1.10. The van der Waals surface area contributed by atoms with Gasteiger partial charge in [-0.2, -0.15) is 5.26 Å². The fourth-order valence-corrected chi connectivity index (χ4v) is 1.21. The Kier molecular flexibility index (Phi) is 5.53. The zero-order chi connectivity index (χ0) is 12.5. The quantitative estimate of drug-likeness (QED) is 0.326. The molecule has 0 saturated heterocycles. The van der Waals surface area contributed by atoms with Crippen molar-refractivity contribution in [3.8, 4) is 6.07 Å². The summed E-state index contributed by atoms with van der Waals surface area (Å²) in [6.45, 7) is 2.71. The van der Waals surface area contributed by atoms with Gasteiger partial charge < -0.3 is 4.74 Å². The zero-order valence-corrected chi connectivity index (χ0v) is 9.85. The van der Waals surface area contributed by atoms with Crippen LogP contribution in [0.1, 0.15) is 35.7 Å². The number of rotatable bonds is 6. The lowest BCUT2D eigenvalue weighted by atomic mass is 10.1. The van der Waals surface area contributed by atoms with E-state index in [0.29, 0.717) is 17.7 Å². The largest absolute Gasteiger partial charge is 0.501 e. The first-order chi connectivity index (χ1) is 8.27. The molecule has 1 rings (SSSR count). The highest BCUT2D eigenvalue weighted by Crippen LogP contribution is 2.05. The Morgan fingerprint density at radius 1 is 1.41 bits per heavy atom. The van der Waals surface area contributed by atoms with Crippen LogP contribution in [0.15, 0.2) is 36.6 Å². The minimum Gasteiger partial charge on any atom is -0.501 e. The number of carbonyl (C=O) groups excluding carboxylic acids is 1. The van der Waals surface area contributed by atoms with Crippen LogP contribution >= 0.6 is 0 Å². The minimum atomic E-state index is -0.119. The molecule has 0 bridgehead atoms. The summed E-state index contributed by atoms with van der Waals surface area (Å²) in [5.74, 6) is -0.119. The summed E-state index contributed by atoms with van der Waals surface area (Å²) >= 11 is 0. The van der Waals surface area contributed by atoms with Crippen LogP contribution in [0, 0.1) is 11.3 Å². The minimum absolute atomic E-state index is 0.119. The highest BCUT2D eigenvalue weighted by Gasteiger charge is 2.01. The summed E-state index contributed by atoms with van der Waals surface area (Å²) < 4.78 is 5.16. The van der Waals surface area contributed by atoms with Crippen LogP contribution in [-0.4, -0.2) is 12.4 Å². The third-order valence-corrected chi connectivity index (χ3v) is 2.23. The predicted octanol–water partition coefficient (Wildman–Crippen LogP) is 3.07. The van der Waals surface area contributed by atoms with Gasteiger partial charge in [0.15, 0.2) is 5.78 Å². The van der Waals surface area contributed by atoms with Crippen molar-refractivity contribution in [2.45, 2.75) is 19.8 Å². The maximum atomic E-state index is 11.6. The van der Waals surface area contributed by atoms with Crippen molar-refractivity contribution in [3.05, 3.63) is 47.7 Å². The standard InChI is InChI=1S/C14H15NO2/c1-2-3-9-17-10-8-14(16)13-6-4-12(11-15)5-7-13/h4-8,10H,2-3,9H2,1H3/b10-8+.